The number of amides is 1. The Morgan fingerprint density at radius 2 is 2.14 bits per heavy atom. The van der Waals surface area contributed by atoms with Gasteiger partial charge in [0.25, 0.3) is 0 Å². The molecule has 80 valence electrons. The fourth-order valence-corrected chi connectivity index (χ4v) is 1.82. The zero-order valence-corrected chi connectivity index (χ0v) is 9.02. The van der Waals surface area contributed by atoms with Crippen molar-refractivity contribution < 1.29 is 14.7 Å². The van der Waals surface area contributed by atoms with E-state index in [2.05, 4.69) is 5.32 Å². The molecule has 0 aromatic heterocycles. The second-order valence-corrected chi connectivity index (χ2v) is 4.59. The van der Waals surface area contributed by atoms with Crippen LogP contribution in [0.3, 0.4) is 0 Å². The van der Waals surface area contributed by atoms with Crippen molar-refractivity contribution in [2.75, 3.05) is 11.5 Å². The van der Waals surface area contributed by atoms with Gasteiger partial charge in [-0.1, -0.05) is 6.92 Å². The number of carboxylic acid groups (broad SMARTS) is 1. The van der Waals surface area contributed by atoms with Gasteiger partial charge in [-0.2, -0.15) is 11.8 Å². The lowest BCUT2D eigenvalue weighted by molar-refractivity contribution is -0.142. The van der Waals surface area contributed by atoms with Crippen LogP contribution in [-0.2, 0) is 9.59 Å². The van der Waals surface area contributed by atoms with Gasteiger partial charge >= 0.3 is 5.97 Å². The maximum Gasteiger partial charge on any atom is 0.329 e. The summed E-state index contributed by atoms with van der Waals surface area (Å²) in [6.07, 6.45) is 2.15. The lowest BCUT2D eigenvalue weighted by atomic mass is 10.3. The third-order valence-electron chi connectivity index (χ3n) is 2.12. The third-order valence-corrected chi connectivity index (χ3v) is 3.28. The Morgan fingerprint density at radius 3 is 2.57 bits per heavy atom. The first-order valence-corrected chi connectivity index (χ1v) is 5.88. The second kappa shape index (κ2) is 4.68. The highest BCUT2D eigenvalue weighted by atomic mass is 32.2. The third kappa shape index (κ3) is 2.90. The highest BCUT2D eigenvalue weighted by Crippen LogP contribution is 2.35. The highest BCUT2D eigenvalue weighted by molar-refractivity contribution is 7.99. The van der Waals surface area contributed by atoms with Gasteiger partial charge in [-0.3, -0.25) is 4.79 Å². The van der Waals surface area contributed by atoms with Crippen LogP contribution in [0.1, 0.15) is 26.2 Å². The van der Waals surface area contributed by atoms with E-state index in [1.54, 1.807) is 0 Å². The van der Waals surface area contributed by atoms with Crippen LogP contribution in [0.15, 0.2) is 0 Å². The molecule has 0 radical (unpaired) electrons. The van der Waals surface area contributed by atoms with Crippen molar-refractivity contribution in [1.82, 2.24) is 5.32 Å². The van der Waals surface area contributed by atoms with E-state index in [0.29, 0.717) is 18.6 Å². The number of hydrogen-bond acceptors (Lipinski definition) is 3. The van der Waals surface area contributed by atoms with Gasteiger partial charge in [0.05, 0.1) is 5.75 Å². The lowest BCUT2D eigenvalue weighted by Crippen LogP contribution is -2.43. The first-order chi connectivity index (χ1) is 6.60. The maximum atomic E-state index is 11.3. The van der Waals surface area contributed by atoms with E-state index in [0.717, 1.165) is 12.2 Å². The largest absolute Gasteiger partial charge is 0.480 e. The zero-order valence-electron chi connectivity index (χ0n) is 8.21. The smallest absolute Gasteiger partial charge is 0.329 e. The topological polar surface area (TPSA) is 66.4 Å². The Kier molecular flexibility index (Phi) is 3.80. The molecule has 4 nitrogen and oxygen atoms in total. The predicted octanol–water partition coefficient (Wildman–Crippen LogP) is 0.863. The van der Waals surface area contributed by atoms with Gasteiger partial charge in [-0.15, -0.1) is 0 Å². The standard InChI is InChI=1S/C9H15NO3S/c1-2-5-14-6-7(11)10-9(3-4-9)8(12)13/h2-6H2,1H3,(H,10,11)(H,12,13). The van der Waals surface area contributed by atoms with Crippen molar-refractivity contribution in [3.63, 3.8) is 0 Å². The van der Waals surface area contributed by atoms with E-state index >= 15 is 0 Å². The number of carbonyl (C=O) groups excluding carboxylic acids is 1. The van der Waals surface area contributed by atoms with Crippen molar-refractivity contribution in [2.45, 2.75) is 31.7 Å². The predicted molar refractivity (Wildman–Crippen MR) is 55.4 cm³/mol. The second-order valence-electron chi connectivity index (χ2n) is 3.49. The normalized spacial score (nSPS) is 17.5. The molecule has 0 aromatic rings. The number of carbonyl (C=O) groups is 2. The fraction of sp³-hybridized carbons (Fsp3) is 0.778. The minimum atomic E-state index is -0.927. The summed E-state index contributed by atoms with van der Waals surface area (Å²) in [6.45, 7) is 2.05. The van der Waals surface area contributed by atoms with E-state index in [1.807, 2.05) is 6.92 Å². The van der Waals surface area contributed by atoms with Crippen LogP contribution < -0.4 is 5.32 Å². The van der Waals surface area contributed by atoms with E-state index in [1.165, 1.54) is 11.8 Å². The summed E-state index contributed by atoms with van der Waals surface area (Å²) in [5, 5.41) is 11.4. The van der Waals surface area contributed by atoms with Crippen LogP contribution in [0, 0.1) is 0 Å². The minimum Gasteiger partial charge on any atom is -0.480 e. The SMILES string of the molecule is CCCSCC(=O)NC1(C(=O)O)CC1. The van der Waals surface area contributed by atoms with E-state index < -0.39 is 11.5 Å². The molecule has 0 aromatic carbocycles. The molecule has 0 unspecified atom stereocenters. The molecule has 0 atom stereocenters. The molecule has 1 amide bonds. The van der Waals surface area contributed by atoms with Crippen LogP contribution in [0.2, 0.25) is 0 Å². The first-order valence-electron chi connectivity index (χ1n) is 4.73. The van der Waals surface area contributed by atoms with Crippen molar-refractivity contribution >= 4 is 23.6 Å². The van der Waals surface area contributed by atoms with Crippen LogP contribution in [0.5, 0.6) is 0 Å². The molecule has 0 spiro atoms. The number of rotatable bonds is 6. The zero-order chi connectivity index (χ0) is 10.6. The monoisotopic (exact) mass is 217 g/mol. The van der Waals surface area contributed by atoms with Gasteiger partial charge in [-0.25, -0.2) is 4.79 Å². The molecule has 1 aliphatic carbocycles. The quantitative estimate of drug-likeness (QED) is 0.648. The van der Waals surface area contributed by atoms with Crippen molar-refractivity contribution in [3.05, 3.63) is 0 Å². The molecule has 0 heterocycles. The molecule has 14 heavy (non-hydrogen) atoms. The fourth-order valence-electron chi connectivity index (χ4n) is 1.13. The summed E-state index contributed by atoms with van der Waals surface area (Å²) >= 11 is 1.54. The average molecular weight is 217 g/mol. The van der Waals surface area contributed by atoms with Crippen LogP contribution in [0.4, 0.5) is 0 Å². The van der Waals surface area contributed by atoms with Crippen molar-refractivity contribution in [1.29, 1.82) is 0 Å². The number of hydrogen-bond donors (Lipinski definition) is 2. The molecule has 1 saturated carbocycles. The summed E-state index contributed by atoms with van der Waals surface area (Å²) in [6, 6.07) is 0. The Morgan fingerprint density at radius 1 is 1.50 bits per heavy atom. The lowest BCUT2D eigenvalue weighted by Gasteiger charge is -2.11. The number of aliphatic carboxylic acids is 1. The van der Waals surface area contributed by atoms with Crippen molar-refractivity contribution in [2.24, 2.45) is 0 Å². The Bertz CT molecular complexity index is 238. The maximum absolute atomic E-state index is 11.3. The molecule has 2 N–H and O–H groups in total. The Labute approximate surface area is 87.4 Å². The summed E-state index contributed by atoms with van der Waals surface area (Å²) in [7, 11) is 0. The minimum absolute atomic E-state index is 0.164. The van der Waals surface area contributed by atoms with E-state index in [-0.39, 0.29) is 5.91 Å². The van der Waals surface area contributed by atoms with E-state index in [4.69, 9.17) is 5.11 Å². The molecule has 1 aliphatic rings. The summed E-state index contributed by atoms with van der Waals surface area (Å²) < 4.78 is 0. The van der Waals surface area contributed by atoms with Gasteiger partial charge in [0.2, 0.25) is 5.91 Å². The summed E-state index contributed by atoms with van der Waals surface area (Å²) in [5.74, 6) is 0.228. The van der Waals surface area contributed by atoms with Gasteiger partial charge in [0, 0.05) is 0 Å². The highest BCUT2D eigenvalue weighted by Gasteiger charge is 2.51. The van der Waals surface area contributed by atoms with Gasteiger partial charge in [0.15, 0.2) is 0 Å². The molecule has 1 rings (SSSR count). The molecular weight excluding hydrogens is 202 g/mol. The number of thioether (sulfide) groups is 1. The number of nitrogens with one attached hydrogen (secondary N) is 1. The molecule has 1 fully saturated rings. The Balaban J connectivity index is 2.24. The molecule has 0 bridgehead atoms. The van der Waals surface area contributed by atoms with Crippen molar-refractivity contribution in [3.8, 4) is 0 Å². The molecule has 0 aliphatic heterocycles. The van der Waals surface area contributed by atoms with E-state index in [9.17, 15) is 9.59 Å². The van der Waals surface area contributed by atoms with Crippen LogP contribution >= 0.6 is 11.8 Å². The van der Waals surface area contributed by atoms with Gasteiger partial charge in [0.1, 0.15) is 5.54 Å². The van der Waals surface area contributed by atoms with Crippen LogP contribution in [-0.4, -0.2) is 34.0 Å². The summed E-state index contributed by atoms with van der Waals surface area (Å²) in [4.78, 5) is 22.0. The molecule has 5 heteroatoms. The van der Waals surface area contributed by atoms with Gasteiger partial charge < -0.3 is 10.4 Å². The van der Waals surface area contributed by atoms with Crippen LogP contribution in [0.25, 0.3) is 0 Å². The first kappa shape index (κ1) is 11.4. The van der Waals surface area contributed by atoms with Gasteiger partial charge in [-0.05, 0) is 25.0 Å². The average Bonchev–Trinajstić information content (AvgIpc) is 2.86. The molecular formula is C9H15NO3S. The molecule has 0 saturated heterocycles. The number of carboxylic acids is 1. The Hall–Kier alpha value is -0.710. The summed E-state index contributed by atoms with van der Waals surface area (Å²) in [5.41, 5.74) is -0.927.